The minimum absolute atomic E-state index is 0.0711. The largest absolute Gasteiger partial charge is 0.352 e. The molecule has 0 saturated carbocycles. The molecule has 0 spiro atoms. The molecule has 8 heteroatoms. The molecular weight excluding hydrogens is 395 g/mol. The normalized spacial score (nSPS) is 11.3. The van der Waals surface area contributed by atoms with Gasteiger partial charge in [0, 0.05) is 18.3 Å². The van der Waals surface area contributed by atoms with E-state index in [4.69, 9.17) is 0 Å². The van der Waals surface area contributed by atoms with Gasteiger partial charge < -0.3 is 5.32 Å². The lowest BCUT2D eigenvalue weighted by Crippen LogP contribution is -2.24. The van der Waals surface area contributed by atoms with Crippen LogP contribution in [0.5, 0.6) is 0 Å². The fourth-order valence-electron chi connectivity index (χ4n) is 2.84. The maximum absolute atomic E-state index is 13.2. The molecule has 0 aliphatic carbocycles. The number of carbonyl (C=O) groups excluding carboxylic acids is 1. The number of benzene rings is 2. The molecule has 2 aromatic carbocycles. The highest BCUT2D eigenvalue weighted by Crippen LogP contribution is 2.27. The second-order valence-electron chi connectivity index (χ2n) is 6.61. The van der Waals surface area contributed by atoms with E-state index in [0.29, 0.717) is 22.4 Å². The van der Waals surface area contributed by atoms with Crippen molar-refractivity contribution in [2.24, 2.45) is 0 Å². The second kappa shape index (κ2) is 8.50. The van der Waals surface area contributed by atoms with Gasteiger partial charge in [0.05, 0.1) is 12.1 Å². The van der Waals surface area contributed by atoms with Gasteiger partial charge in [-0.05, 0) is 47.9 Å². The maximum Gasteiger partial charge on any atom is 0.295 e. The van der Waals surface area contributed by atoms with Gasteiger partial charge >= 0.3 is 0 Å². The van der Waals surface area contributed by atoms with E-state index < -0.39 is 10.1 Å². The summed E-state index contributed by atoms with van der Waals surface area (Å²) in [5.41, 5.74) is 2.62. The van der Waals surface area contributed by atoms with Gasteiger partial charge in [0.15, 0.2) is 0 Å². The summed E-state index contributed by atoms with van der Waals surface area (Å²) in [5, 5.41) is 2.71. The number of nitrogens with one attached hydrogen (secondary N) is 1. The SMILES string of the molecule is Cc1ccc(-c2ccc(CC(=O)NCc3cccc(F)c3)cn2)c(S(=O)(=O)O)c1. The number of carbonyl (C=O) groups is 1. The van der Waals surface area contributed by atoms with Gasteiger partial charge in [0.2, 0.25) is 5.91 Å². The Bertz CT molecular complexity index is 1150. The summed E-state index contributed by atoms with van der Waals surface area (Å²) in [6, 6.07) is 13.9. The van der Waals surface area contributed by atoms with Crippen molar-refractivity contribution in [3.8, 4) is 11.3 Å². The molecule has 150 valence electrons. The molecule has 0 fully saturated rings. The Morgan fingerprint density at radius 3 is 2.55 bits per heavy atom. The van der Waals surface area contributed by atoms with E-state index in [1.54, 1.807) is 43.3 Å². The van der Waals surface area contributed by atoms with Gasteiger partial charge in [-0.2, -0.15) is 8.42 Å². The smallest absolute Gasteiger partial charge is 0.295 e. The van der Waals surface area contributed by atoms with E-state index in [0.717, 1.165) is 0 Å². The number of aryl methyl sites for hydroxylation is 1. The third-order valence-electron chi connectivity index (χ3n) is 4.26. The summed E-state index contributed by atoms with van der Waals surface area (Å²) in [4.78, 5) is 16.1. The molecule has 0 unspecified atom stereocenters. The highest BCUT2D eigenvalue weighted by Gasteiger charge is 2.17. The first kappa shape index (κ1) is 20.6. The van der Waals surface area contributed by atoms with Crippen LogP contribution in [0.3, 0.4) is 0 Å². The number of nitrogens with zero attached hydrogens (tertiary/aromatic N) is 1. The highest BCUT2D eigenvalue weighted by molar-refractivity contribution is 7.86. The summed E-state index contributed by atoms with van der Waals surface area (Å²) in [7, 11) is -4.40. The molecule has 2 N–H and O–H groups in total. The predicted octanol–water partition coefficient (Wildman–Crippen LogP) is 3.30. The van der Waals surface area contributed by atoms with Crippen LogP contribution in [0.15, 0.2) is 65.7 Å². The fourth-order valence-corrected chi connectivity index (χ4v) is 3.62. The Morgan fingerprint density at radius 1 is 1.10 bits per heavy atom. The molecule has 1 amide bonds. The van der Waals surface area contributed by atoms with Crippen LogP contribution < -0.4 is 5.32 Å². The van der Waals surface area contributed by atoms with Gasteiger partial charge in [0.1, 0.15) is 10.7 Å². The Labute approximate surface area is 168 Å². The van der Waals surface area contributed by atoms with Crippen molar-refractivity contribution < 1.29 is 22.2 Å². The van der Waals surface area contributed by atoms with Crippen LogP contribution in [0.25, 0.3) is 11.3 Å². The number of aromatic nitrogens is 1. The Kier molecular flexibility index (Phi) is 6.05. The zero-order valence-electron chi connectivity index (χ0n) is 15.6. The molecule has 0 radical (unpaired) electrons. The topological polar surface area (TPSA) is 96.4 Å². The Balaban J connectivity index is 1.70. The fraction of sp³-hybridized carbons (Fsp3) is 0.143. The van der Waals surface area contributed by atoms with E-state index in [1.807, 2.05) is 0 Å². The summed E-state index contributed by atoms with van der Waals surface area (Å²) in [5.74, 6) is -0.616. The van der Waals surface area contributed by atoms with Crippen LogP contribution in [0, 0.1) is 12.7 Å². The molecule has 3 rings (SSSR count). The minimum atomic E-state index is -4.40. The van der Waals surface area contributed by atoms with E-state index in [9.17, 15) is 22.2 Å². The summed E-state index contributed by atoms with van der Waals surface area (Å²) in [6.07, 6.45) is 1.55. The van der Waals surface area contributed by atoms with Crippen molar-refractivity contribution in [2.45, 2.75) is 24.8 Å². The van der Waals surface area contributed by atoms with Crippen LogP contribution in [0.4, 0.5) is 4.39 Å². The average Bonchev–Trinajstić information content (AvgIpc) is 2.66. The number of hydrogen-bond donors (Lipinski definition) is 2. The van der Waals surface area contributed by atoms with Crippen molar-refractivity contribution in [3.05, 3.63) is 83.3 Å². The van der Waals surface area contributed by atoms with E-state index in [2.05, 4.69) is 10.3 Å². The van der Waals surface area contributed by atoms with E-state index >= 15 is 0 Å². The van der Waals surface area contributed by atoms with Gasteiger partial charge in [-0.15, -0.1) is 0 Å². The zero-order chi connectivity index (χ0) is 21.0. The van der Waals surface area contributed by atoms with Crippen LogP contribution in [0.1, 0.15) is 16.7 Å². The van der Waals surface area contributed by atoms with Crippen molar-refractivity contribution in [3.63, 3.8) is 0 Å². The van der Waals surface area contributed by atoms with Gasteiger partial charge in [0.25, 0.3) is 10.1 Å². The van der Waals surface area contributed by atoms with E-state index in [1.165, 1.54) is 24.4 Å². The first-order valence-electron chi connectivity index (χ1n) is 8.77. The standard InChI is InChI=1S/C21H19FN2O4S/c1-14-5-7-18(20(9-14)29(26,27)28)19-8-6-16(12-23-19)11-21(25)24-13-15-3-2-4-17(22)10-15/h2-10,12H,11,13H2,1H3,(H,24,25)(H,26,27,28). The molecule has 6 nitrogen and oxygen atoms in total. The lowest BCUT2D eigenvalue weighted by Gasteiger charge is -2.09. The van der Waals surface area contributed by atoms with Crippen LogP contribution in [0.2, 0.25) is 0 Å². The molecule has 1 aromatic heterocycles. The quantitative estimate of drug-likeness (QED) is 0.604. The second-order valence-corrected chi connectivity index (χ2v) is 8.00. The number of rotatable bonds is 6. The molecule has 0 atom stereocenters. The molecule has 0 bridgehead atoms. The van der Waals surface area contributed by atoms with Crippen molar-refractivity contribution >= 4 is 16.0 Å². The van der Waals surface area contributed by atoms with Gasteiger partial charge in [-0.25, -0.2) is 4.39 Å². The molecular formula is C21H19FN2O4S. The molecule has 0 aliphatic heterocycles. The van der Waals surface area contributed by atoms with Crippen molar-refractivity contribution in [2.75, 3.05) is 0 Å². The number of hydrogen-bond acceptors (Lipinski definition) is 4. The molecule has 3 aromatic rings. The van der Waals surface area contributed by atoms with Gasteiger partial charge in [-0.1, -0.05) is 30.3 Å². The molecule has 0 aliphatic rings. The minimum Gasteiger partial charge on any atom is -0.352 e. The number of halogens is 1. The Hall–Kier alpha value is -3.10. The number of pyridine rings is 1. The van der Waals surface area contributed by atoms with Crippen LogP contribution in [-0.2, 0) is 27.9 Å². The maximum atomic E-state index is 13.2. The first-order chi connectivity index (χ1) is 13.7. The lowest BCUT2D eigenvalue weighted by molar-refractivity contribution is -0.120. The van der Waals surface area contributed by atoms with E-state index in [-0.39, 0.29) is 35.1 Å². The van der Waals surface area contributed by atoms with Crippen molar-refractivity contribution in [1.82, 2.24) is 10.3 Å². The average molecular weight is 414 g/mol. The molecule has 29 heavy (non-hydrogen) atoms. The third kappa shape index (κ3) is 5.46. The van der Waals surface area contributed by atoms with Crippen molar-refractivity contribution in [1.29, 1.82) is 0 Å². The molecule has 0 saturated heterocycles. The highest BCUT2D eigenvalue weighted by atomic mass is 32.2. The predicted molar refractivity (Wildman–Crippen MR) is 106 cm³/mol. The van der Waals surface area contributed by atoms with Crippen LogP contribution in [-0.4, -0.2) is 23.9 Å². The summed E-state index contributed by atoms with van der Waals surface area (Å²) < 4.78 is 45.9. The third-order valence-corrected chi connectivity index (χ3v) is 5.15. The summed E-state index contributed by atoms with van der Waals surface area (Å²) >= 11 is 0. The van der Waals surface area contributed by atoms with Gasteiger partial charge in [-0.3, -0.25) is 14.3 Å². The van der Waals surface area contributed by atoms with Crippen LogP contribution >= 0.6 is 0 Å². The molecule has 1 heterocycles. The number of amides is 1. The monoisotopic (exact) mass is 414 g/mol. The lowest BCUT2D eigenvalue weighted by atomic mass is 10.1. The Morgan fingerprint density at radius 2 is 1.90 bits per heavy atom. The first-order valence-corrected chi connectivity index (χ1v) is 10.2. The summed E-state index contributed by atoms with van der Waals surface area (Å²) in [6.45, 7) is 1.93. The zero-order valence-corrected chi connectivity index (χ0v) is 16.4.